The van der Waals surface area contributed by atoms with Gasteiger partial charge in [0.15, 0.2) is 0 Å². The molecule has 1 aliphatic heterocycles. The predicted octanol–water partition coefficient (Wildman–Crippen LogP) is 1.32. The monoisotopic (exact) mass is 180 g/mol. The minimum absolute atomic E-state index is 0.0299. The van der Waals surface area contributed by atoms with Crippen molar-refractivity contribution in [3.8, 4) is 0 Å². The van der Waals surface area contributed by atoms with Crippen LogP contribution in [0.1, 0.15) is 20.3 Å². The molecule has 3 heteroatoms. The Bertz CT molecular complexity index is 293. The van der Waals surface area contributed by atoms with Crippen LogP contribution in [0.15, 0.2) is 12.2 Å². The lowest BCUT2D eigenvalue weighted by Crippen LogP contribution is -2.38. The molecular formula is C10H14NO2+. The average Bonchev–Trinajstić information content (AvgIpc) is 2.62. The number of hydrogen-bond acceptors (Lipinski definition) is 2. The van der Waals surface area contributed by atoms with E-state index < -0.39 is 6.04 Å². The number of rotatable bonds is 2. The molecule has 13 heavy (non-hydrogen) atoms. The Kier molecular flexibility index (Phi) is 1.82. The summed E-state index contributed by atoms with van der Waals surface area (Å²) in [6.45, 7) is 3.71. The highest BCUT2D eigenvalue weighted by Gasteiger charge is 2.54. The molecular weight excluding hydrogens is 166 g/mol. The Labute approximate surface area is 77.4 Å². The van der Waals surface area contributed by atoms with Gasteiger partial charge in [0.05, 0.1) is 5.92 Å². The summed E-state index contributed by atoms with van der Waals surface area (Å²) in [4.78, 5) is 23.2. The van der Waals surface area contributed by atoms with Crippen molar-refractivity contribution in [1.82, 2.24) is 0 Å². The van der Waals surface area contributed by atoms with Gasteiger partial charge in [-0.3, -0.25) is 4.79 Å². The minimum Gasteiger partial charge on any atom is -0.292 e. The van der Waals surface area contributed by atoms with Gasteiger partial charge in [-0.15, -0.1) is 0 Å². The van der Waals surface area contributed by atoms with Gasteiger partial charge >= 0.3 is 0 Å². The van der Waals surface area contributed by atoms with Crippen molar-refractivity contribution in [2.75, 3.05) is 0 Å². The Hall–Kier alpha value is -0.990. The zero-order valence-corrected chi connectivity index (χ0v) is 7.93. The van der Waals surface area contributed by atoms with Gasteiger partial charge in [-0.2, -0.15) is 0 Å². The lowest BCUT2D eigenvalue weighted by Gasteiger charge is -2.11. The van der Waals surface area contributed by atoms with Gasteiger partial charge in [0.2, 0.25) is 11.8 Å². The number of carbonyl (C=O) groups is 1. The first-order chi connectivity index (χ1) is 6.11. The molecule has 3 unspecified atom stereocenters. The predicted molar refractivity (Wildman–Crippen MR) is 48.3 cm³/mol. The molecule has 2 bridgehead atoms. The van der Waals surface area contributed by atoms with E-state index in [1.807, 2.05) is 26.0 Å². The summed E-state index contributed by atoms with van der Waals surface area (Å²) in [5, 5.41) is 0. The van der Waals surface area contributed by atoms with Crippen LogP contribution >= 0.6 is 0 Å². The van der Waals surface area contributed by atoms with Gasteiger partial charge in [-0.1, -0.05) is 19.9 Å². The summed E-state index contributed by atoms with van der Waals surface area (Å²) in [5.74, 6) is 0.235. The molecule has 0 N–H and O–H groups in total. The maximum absolute atomic E-state index is 11.7. The molecule has 3 nitrogen and oxygen atoms in total. The molecule has 3 atom stereocenters. The van der Waals surface area contributed by atoms with Gasteiger partial charge in [-0.25, -0.2) is 0 Å². The second-order valence-corrected chi connectivity index (χ2v) is 4.21. The largest absolute Gasteiger partial charge is 0.292 e. The fourth-order valence-electron chi connectivity index (χ4n) is 2.20. The summed E-state index contributed by atoms with van der Waals surface area (Å²) < 4.78 is 0.979. The van der Waals surface area contributed by atoms with Crippen LogP contribution in [0.4, 0.5) is 0 Å². The Morgan fingerprint density at radius 1 is 1.46 bits per heavy atom. The second-order valence-electron chi connectivity index (χ2n) is 4.21. The molecule has 0 saturated carbocycles. The van der Waals surface area contributed by atoms with Crippen molar-refractivity contribution < 1.29 is 9.55 Å². The highest BCUT2D eigenvalue weighted by atomic mass is 16.3. The quantitative estimate of drug-likeness (QED) is 0.474. The standard InChI is InChI=1S/C10H14NO2/c1-6(2)10(12)9-7-3-4-8(5-7)11(9)13/h3-4,6-9H,5H2,1-2H3/q+1. The van der Waals surface area contributed by atoms with Gasteiger partial charge < -0.3 is 0 Å². The van der Waals surface area contributed by atoms with Crippen LogP contribution in [-0.2, 0) is 4.79 Å². The van der Waals surface area contributed by atoms with Crippen molar-refractivity contribution in [2.45, 2.75) is 32.4 Å². The van der Waals surface area contributed by atoms with E-state index >= 15 is 0 Å². The minimum atomic E-state index is -0.394. The second kappa shape index (κ2) is 2.76. The highest BCUT2D eigenvalue weighted by molar-refractivity contribution is 5.85. The third kappa shape index (κ3) is 1.14. The molecule has 0 aromatic rings. The van der Waals surface area contributed by atoms with Crippen LogP contribution in [0.25, 0.3) is 0 Å². The van der Waals surface area contributed by atoms with E-state index in [0.717, 1.165) is 11.2 Å². The zero-order chi connectivity index (χ0) is 9.59. The maximum Gasteiger partial charge on any atom is 0.265 e. The highest BCUT2D eigenvalue weighted by Crippen LogP contribution is 2.35. The van der Waals surface area contributed by atoms with Crippen LogP contribution in [-0.4, -0.2) is 22.6 Å². The normalized spacial score (nSPS) is 36.2. The summed E-state index contributed by atoms with van der Waals surface area (Å²) in [7, 11) is 0. The topological polar surface area (TPSA) is 37.1 Å². The van der Waals surface area contributed by atoms with Crippen LogP contribution < -0.4 is 0 Å². The number of fused-ring (bicyclic) bond motifs is 2. The van der Waals surface area contributed by atoms with E-state index in [0.29, 0.717) is 0 Å². The van der Waals surface area contributed by atoms with E-state index in [-0.39, 0.29) is 23.7 Å². The molecule has 1 heterocycles. The molecule has 0 radical (unpaired) electrons. The van der Waals surface area contributed by atoms with E-state index in [2.05, 4.69) is 0 Å². The lowest BCUT2D eigenvalue weighted by molar-refractivity contribution is -0.580. The molecule has 1 aliphatic carbocycles. The van der Waals surface area contributed by atoms with Crippen molar-refractivity contribution in [3.05, 3.63) is 17.1 Å². The molecule has 0 spiro atoms. The maximum atomic E-state index is 11.7. The van der Waals surface area contributed by atoms with Crippen molar-refractivity contribution in [1.29, 1.82) is 0 Å². The Morgan fingerprint density at radius 3 is 2.62 bits per heavy atom. The third-order valence-electron chi connectivity index (χ3n) is 2.96. The van der Waals surface area contributed by atoms with Gasteiger partial charge in [-0.05, 0) is 6.08 Å². The Balaban J connectivity index is 2.22. The Morgan fingerprint density at radius 2 is 2.15 bits per heavy atom. The molecule has 70 valence electrons. The van der Waals surface area contributed by atoms with Crippen molar-refractivity contribution >= 4 is 5.78 Å². The van der Waals surface area contributed by atoms with Gasteiger partial charge in [0.1, 0.15) is 0 Å². The van der Waals surface area contributed by atoms with Crippen LogP contribution in [0.5, 0.6) is 0 Å². The first-order valence-electron chi connectivity index (χ1n) is 4.78. The van der Waals surface area contributed by atoms with Crippen LogP contribution in [0.2, 0.25) is 0 Å². The summed E-state index contributed by atoms with van der Waals surface area (Å²) in [6, 6.07) is -0.423. The lowest BCUT2D eigenvalue weighted by atomic mass is 9.93. The summed E-state index contributed by atoms with van der Waals surface area (Å²) >= 11 is 0. The molecule has 2 aliphatic rings. The number of Topliss-reactive ketones (excluding diaryl/α,β-unsaturated/α-hetero) is 1. The summed E-state index contributed by atoms with van der Waals surface area (Å²) in [6.07, 6.45) is 4.78. The first kappa shape index (κ1) is 8.60. The summed E-state index contributed by atoms with van der Waals surface area (Å²) in [5.41, 5.74) is 0. The van der Waals surface area contributed by atoms with Gasteiger partial charge in [0, 0.05) is 22.0 Å². The molecule has 0 aromatic heterocycles. The first-order valence-corrected chi connectivity index (χ1v) is 4.78. The van der Waals surface area contributed by atoms with Gasteiger partial charge in [0.25, 0.3) is 6.04 Å². The number of nitroso groups, excluding NO2 is 1. The van der Waals surface area contributed by atoms with Crippen LogP contribution in [0.3, 0.4) is 0 Å². The number of carbonyl (C=O) groups excluding carboxylic acids is 1. The van der Waals surface area contributed by atoms with E-state index in [1.54, 1.807) is 0 Å². The molecule has 1 saturated heterocycles. The van der Waals surface area contributed by atoms with Crippen molar-refractivity contribution in [3.63, 3.8) is 0 Å². The van der Waals surface area contributed by atoms with Crippen LogP contribution in [0, 0.1) is 16.7 Å². The smallest absolute Gasteiger partial charge is 0.265 e. The van der Waals surface area contributed by atoms with E-state index in [9.17, 15) is 9.70 Å². The SMILES string of the molecule is CC(C)C(=O)C1C2C=CC(C2)[N+]1=O. The van der Waals surface area contributed by atoms with Crippen molar-refractivity contribution in [2.24, 2.45) is 11.8 Å². The molecule has 0 amide bonds. The fourth-order valence-corrected chi connectivity index (χ4v) is 2.20. The third-order valence-corrected chi connectivity index (χ3v) is 2.96. The fraction of sp³-hybridized carbons (Fsp3) is 0.700. The molecule has 1 fully saturated rings. The average molecular weight is 180 g/mol. The van der Waals surface area contributed by atoms with E-state index in [1.165, 1.54) is 0 Å². The molecule has 2 rings (SSSR count). The number of ketones is 1. The zero-order valence-electron chi connectivity index (χ0n) is 7.93. The number of hydrogen-bond donors (Lipinski definition) is 0. The molecule has 0 aromatic carbocycles. The van der Waals surface area contributed by atoms with E-state index in [4.69, 9.17) is 0 Å². The number of nitrogens with zero attached hydrogens (tertiary/aromatic N) is 1.